The van der Waals surface area contributed by atoms with E-state index in [4.69, 9.17) is 4.74 Å². The highest BCUT2D eigenvalue weighted by Crippen LogP contribution is 2.31. The Morgan fingerprint density at radius 1 is 1.06 bits per heavy atom. The van der Waals surface area contributed by atoms with Crippen LogP contribution in [0.25, 0.3) is 0 Å². The fourth-order valence-corrected chi connectivity index (χ4v) is 5.28. The number of amides is 1. The molecule has 0 saturated carbocycles. The third-order valence-corrected chi connectivity index (χ3v) is 7.74. The van der Waals surface area contributed by atoms with E-state index < -0.39 is 10.0 Å². The largest absolute Gasteiger partial charge is 0.378 e. The number of nitrogens with zero attached hydrogens (tertiary/aromatic N) is 2. The van der Waals surface area contributed by atoms with Gasteiger partial charge in [-0.15, -0.1) is 0 Å². The lowest BCUT2D eigenvalue weighted by molar-refractivity contribution is -0.116. The molecular formula is C24H33N3O4S. The molecule has 2 aromatic carbocycles. The quantitative estimate of drug-likeness (QED) is 0.622. The predicted octanol–water partition coefficient (Wildman–Crippen LogP) is 3.43. The summed E-state index contributed by atoms with van der Waals surface area (Å²) in [6, 6.07) is 13.1. The van der Waals surface area contributed by atoms with E-state index in [1.807, 2.05) is 45.0 Å². The Balaban J connectivity index is 1.84. The van der Waals surface area contributed by atoms with E-state index in [9.17, 15) is 13.2 Å². The van der Waals surface area contributed by atoms with Crippen molar-refractivity contribution in [2.24, 2.45) is 0 Å². The van der Waals surface area contributed by atoms with Crippen molar-refractivity contribution in [1.82, 2.24) is 4.31 Å². The molecule has 32 heavy (non-hydrogen) atoms. The molecule has 1 fully saturated rings. The number of anilines is 2. The molecule has 1 aliphatic heterocycles. The Kier molecular flexibility index (Phi) is 8.28. The van der Waals surface area contributed by atoms with Crippen LogP contribution in [0.4, 0.5) is 11.4 Å². The Morgan fingerprint density at radius 2 is 1.72 bits per heavy atom. The van der Waals surface area contributed by atoms with Gasteiger partial charge < -0.3 is 15.0 Å². The summed E-state index contributed by atoms with van der Waals surface area (Å²) < 4.78 is 32.9. The van der Waals surface area contributed by atoms with E-state index in [-0.39, 0.29) is 10.8 Å². The summed E-state index contributed by atoms with van der Waals surface area (Å²) in [5, 5.41) is 2.97. The topological polar surface area (TPSA) is 79.0 Å². The molecule has 1 aliphatic rings. The molecule has 1 N–H and O–H groups in total. The molecule has 0 radical (unpaired) electrons. The van der Waals surface area contributed by atoms with Crippen molar-refractivity contribution < 1.29 is 17.9 Å². The van der Waals surface area contributed by atoms with Crippen LogP contribution < -0.4 is 10.2 Å². The zero-order chi connectivity index (χ0) is 23.1. The summed E-state index contributed by atoms with van der Waals surface area (Å²) in [4.78, 5) is 15.1. The van der Waals surface area contributed by atoms with Crippen LogP contribution in [-0.4, -0.2) is 58.0 Å². The molecule has 174 valence electrons. The van der Waals surface area contributed by atoms with E-state index in [1.165, 1.54) is 9.87 Å². The SMILES string of the molecule is CCN(CC)S(=O)(=O)c1ccc(N2CCOCC2)c(NC(=O)CCc2ccc(C)cc2)c1. The fourth-order valence-electron chi connectivity index (χ4n) is 3.79. The Labute approximate surface area is 191 Å². The Hall–Kier alpha value is -2.42. The first-order valence-electron chi connectivity index (χ1n) is 11.2. The second-order valence-corrected chi connectivity index (χ2v) is 9.84. The standard InChI is InChI=1S/C24H33N3O4S/c1-4-27(5-2)32(29,30)21-11-12-23(26-14-16-31-17-15-26)22(18-21)25-24(28)13-10-20-8-6-19(3)7-9-20/h6-9,11-12,18H,4-5,10,13-17H2,1-3H3,(H,25,28). The summed E-state index contributed by atoms with van der Waals surface area (Å²) in [5.74, 6) is -0.141. The summed E-state index contributed by atoms with van der Waals surface area (Å²) in [6.07, 6.45) is 0.940. The highest BCUT2D eigenvalue weighted by Gasteiger charge is 2.24. The van der Waals surface area contributed by atoms with Crippen molar-refractivity contribution in [2.45, 2.75) is 38.5 Å². The molecule has 2 aromatic rings. The summed E-state index contributed by atoms with van der Waals surface area (Å²) in [6.45, 7) is 9.02. The van der Waals surface area contributed by atoms with Gasteiger partial charge in [0.2, 0.25) is 15.9 Å². The summed E-state index contributed by atoms with van der Waals surface area (Å²) >= 11 is 0. The number of carbonyl (C=O) groups excluding carboxylic acids is 1. The van der Waals surface area contributed by atoms with Crippen LogP contribution in [0, 0.1) is 6.92 Å². The van der Waals surface area contributed by atoms with Gasteiger partial charge in [0.1, 0.15) is 0 Å². The summed E-state index contributed by atoms with van der Waals surface area (Å²) in [5.41, 5.74) is 3.61. The second-order valence-electron chi connectivity index (χ2n) is 7.90. The fraction of sp³-hybridized carbons (Fsp3) is 0.458. The maximum atomic E-state index is 13.0. The van der Waals surface area contributed by atoms with Gasteiger partial charge in [0.15, 0.2) is 0 Å². The minimum atomic E-state index is -3.63. The van der Waals surface area contributed by atoms with Crippen LogP contribution in [0.2, 0.25) is 0 Å². The van der Waals surface area contributed by atoms with Gasteiger partial charge in [-0.2, -0.15) is 4.31 Å². The zero-order valence-electron chi connectivity index (χ0n) is 19.1. The van der Waals surface area contributed by atoms with Gasteiger partial charge in [0.05, 0.1) is 29.5 Å². The lowest BCUT2D eigenvalue weighted by Gasteiger charge is -2.31. The number of sulfonamides is 1. The van der Waals surface area contributed by atoms with E-state index in [0.29, 0.717) is 57.9 Å². The highest BCUT2D eigenvalue weighted by molar-refractivity contribution is 7.89. The van der Waals surface area contributed by atoms with E-state index >= 15 is 0 Å². The number of benzene rings is 2. The first-order chi connectivity index (χ1) is 15.3. The van der Waals surface area contributed by atoms with Gasteiger partial charge in [-0.05, 0) is 37.1 Å². The predicted molar refractivity (Wildman–Crippen MR) is 128 cm³/mol. The molecule has 0 unspecified atom stereocenters. The van der Waals surface area contributed by atoms with Crippen LogP contribution in [0.3, 0.4) is 0 Å². The van der Waals surface area contributed by atoms with Crippen LogP contribution in [0.15, 0.2) is 47.4 Å². The van der Waals surface area contributed by atoms with E-state index in [0.717, 1.165) is 11.3 Å². The highest BCUT2D eigenvalue weighted by atomic mass is 32.2. The molecule has 1 amide bonds. The molecule has 0 bridgehead atoms. The van der Waals surface area contributed by atoms with Crippen molar-refractivity contribution in [3.05, 3.63) is 53.6 Å². The third kappa shape index (κ3) is 5.88. The number of aryl methyl sites for hydroxylation is 2. The van der Waals surface area contributed by atoms with Crippen molar-refractivity contribution in [2.75, 3.05) is 49.6 Å². The lowest BCUT2D eigenvalue weighted by atomic mass is 10.1. The average Bonchev–Trinajstić information content (AvgIpc) is 2.80. The minimum Gasteiger partial charge on any atom is -0.378 e. The number of morpholine rings is 1. The third-order valence-electron chi connectivity index (χ3n) is 5.70. The Morgan fingerprint density at radius 3 is 2.34 bits per heavy atom. The van der Waals surface area contributed by atoms with E-state index in [2.05, 4.69) is 10.2 Å². The van der Waals surface area contributed by atoms with E-state index in [1.54, 1.807) is 18.2 Å². The monoisotopic (exact) mass is 459 g/mol. The number of nitrogens with one attached hydrogen (secondary N) is 1. The molecule has 0 spiro atoms. The first-order valence-corrected chi connectivity index (χ1v) is 12.6. The molecule has 0 aromatic heterocycles. The van der Waals surface area contributed by atoms with Gasteiger partial charge in [-0.25, -0.2) is 8.42 Å². The van der Waals surface area contributed by atoms with Crippen molar-refractivity contribution in [3.63, 3.8) is 0 Å². The summed E-state index contributed by atoms with van der Waals surface area (Å²) in [7, 11) is -3.63. The number of ether oxygens (including phenoxy) is 1. The molecule has 7 nitrogen and oxygen atoms in total. The van der Waals surface area contributed by atoms with Gasteiger partial charge in [0.25, 0.3) is 0 Å². The number of hydrogen-bond acceptors (Lipinski definition) is 5. The van der Waals surface area contributed by atoms with Gasteiger partial charge in [0, 0.05) is 32.6 Å². The van der Waals surface area contributed by atoms with Crippen molar-refractivity contribution in [3.8, 4) is 0 Å². The number of carbonyl (C=O) groups is 1. The van der Waals surface area contributed by atoms with Crippen LogP contribution >= 0.6 is 0 Å². The molecule has 8 heteroatoms. The maximum absolute atomic E-state index is 13.0. The van der Waals surface area contributed by atoms with Crippen LogP contribution in [0.1, 0.15) is 31.4 Å². The van der Waals surface area contributed by atoms with Gasteiger partial charge in [-0.1, -0.05) is 43.7 Å². The number of hydrogen-bond donors (Lipinski definition) is 1. The molecule has 0 aliphatic carbocycles. The van der Waals surface area contributed by atoms with Crippen molar-refractivity contribution >= 4 is 27.3 Å². The molecule has 3 rings (SSSR count). The van der Waals surface area contributed by atoms with Crippen molar-refractivity contribution in [1.29, 1.82) is 0 Å². The Bertz CT molecular complexity index is 1010. The van der Waals surface area contributed by atoms with Gasteiger partial charge >= 0.3 is 0 Å². The first kappa shape index (κ1) is 24.2. The number of rotatable bonds is 9. The lowest BCUT2D eigenvalue weighted by Crippen LogP contribution is -2.37. The average molecular weight is 460 g/mol. The maximum Gasteiger partial charge on any atom is 0.243 e. The molecular weight excluding hydrogens is 426 g/mol. The molecule has 1 saturated heterocycles. The normalized spacial score (nSPS) is 14.6. The smallest absolute Gasteiger partial charge is 0.243 e. The minimum absolute atomic E-state index is 0.141. The molecule has 1 heterocycles. The van der Waals surface area contributed by atoms with Crippen LogP contribution in [0.5, 0.6) is 0 Å². The second kappa shape index (κ2) is 10.9. The zero-order valence-corrected chi connectivity index (χ0v) is 20.0. The molecule has 0 atom stereocenters. The van der Waals surface area contributed by atoms with Gasteiger partial charge in [-0.3, -0.25) is 4.79 Å². The van der Waals surface area contributed by atoms with Crippen LogP contribution in [-0.2, 0) is 26.0 Å².